The normalized spacial score (nSPS) is 10.2. The van der Waals surface area contributed by atoms with Crippen LogP contribution < -0.4 is 10.1 Å². The number of nitrogens with one attached hydrogen (secondary N) is 1. The molecule has 0 aliphatic rings. The van der Waals surface area contributed by atoms with Crippen LogP contribution in [0.4, 0.5) is 5.82 Å². The van der Waals surface area contributed by atoms with Gasteiger partial charge in [0.05, 0.1) is 13.2 Å². The minimum Gasteiger partial charge on any atom is -0.478 e. The Hall–Kier alpha value is -2.11. The predicted molar refractivity (Wildman–Crippen MR) is 63.9 cm³/mol. The Balaban J connectivity index is 1.84. The minimum atomic E-state index is 0.587. The van der Waals surface area contributed by atoms with Gasteiger partial charge in [0.25, 0.3) is 0 Å². The molecule has 0 unspecified atom stereocenters. The molecule has 0 amide bonds. The average Bonchev–Trinajstić information content (AvgIpc) is 2.83. The summed E-state index contributed by atoms with van der Waals surface area (Å²) in [6, 6.07) is 3.68. The second-order valence-corrected chi connectivity index (χ2v) is 3.37. The second kappa shape index (κ2) is 5.83. The highest BCUT2D eigenvalue weighted by Crippen LogP contribution is 2.10. The van der Waals surface area contributed by atoms with Crippen LogP contribution in [-0.2, 0) is 6.54 Å². The number of ether oxygens (including phenoxy) is 1. The van der Waals surface area contributed by atoms with Crippen molar-refractivity contribution in [1.29, 1.82) is 0 Å². The van der Waals surface area contributed by atoms with Gasteiger partial charge in [0.2, 0.25) is 5.88 Å². The third-order valence-corrected chi connectivity index (χ3v) is 2.14. The Labute approximate surface area is 99.7 Å². The van der Waals surface area contributed by atoms with E-state index in [2.05, 4.69) is 20.4 Å². The van der Waals surface area contributed by atoms with Crippen LogP contribution in [0.2, 0.25) is 0 Å². The van der Waals surface area contributed by atoms with E-state index in [-0.39, 0.29) is 0 Å². The van der Waals surface area contributed by atoms with Crippen molar-refractivity contribution in [2.24, 2.45) is 0 Å². The summed E-state index contributed by atoms with van der Waals surface area (Å²) in [5.74, 6) is 1.35. The number of nitrogens with zero attached hydrogens (tertiary/aromatic N) is 4. The molecule has 0 atom stereocenters. The van der Waals surface area contributed by atoms with Gasteiger partial charge in [-0.1, -0.05) is 0 Å². The lowest BCUT2D eigenvalue weighted by Crippen LogP contribution is -2.11. The maximum Gasteiger partial charge on any atom is 0.218 e. The first-order valence-electron chi connectivity index (χ1n) is 5.54. The van der Waals surface area contributed by atoms with E-state index in [4.69, 9.17) is 4.74 Å². The molecule has 0 saturated heterocycles. The van der Waals surface area contributed by atoms with E-state index in [1.807, 2.05) is 23.9 Å². The summed E-state index contributed by atoms with van der Waals surface area (Å²) in [5.41, 5.74) is 0. The monoisotopic (exact) mass is 233 g/mol. The zero-order valence-electron chi connectivity index (χ0n) is 9.71. The SMILES string of the molecule is CCOc1cc(NCCn2cccn2)ncn1. The van der Waals surface area contributed by atoms with E-state index in [9.17, 15) is 0 Å². The summed E-state index contributed by atoms with van der Waals surface area (Å²) in [4.78, 5) is 8.10. The summed E-state index contributed by atoms with van der Waals surface area (Å²) in [5, 5.41) is 7.30. The Morgan fingerprint density at radius 2 is 2.35 bits per heavy atom. The predicted octanol–water partition coefficient (Wildman–Crippen LogP) is 1.18. The Bertz CT molecular complexity index is 443. The van der Waals surface area contributed by atoms with Gasteiger partial charge in [0.15, 0.2) is 0 Å². The van der Waals surface area contributed by atoms with Crippen molar-refractivity contribution in [2.45, 2.75) is 13.5 Å². The number of hydrogen-bond donors (Lipinski definition) is 1. The molecular weight excluding hydrogens is 218 g/mol. The fourth-order valence-corrected chi connectivity index (χ4v) is 1.39. The third kappa shape index (κ3) is 3.44. The maximum atomic E-state index is 5.29. The number of hydrogen-bond acceptors (Lipinski definition) is 5. The Morgan fingerprint density at radius 1 is 1.41 bits per heavy atom. The smallest absolute Gasteiger partial charge is 0.218 e. The molecule has 17 heavy (non-hydrogen) atoms. The summed E-state index contributed by atoms with van der Waals surface area (Å²) in [6.07, 6.45) is 5.17. The zero-order chi connectivity index (χ0) is 11.9. The first-order valence-corrected chi connectivity index (χ1v) is 5.54. The Morgan fingerprint density at radius 3 is 3.12 bits per heavy atom. The molecule has 2 aromatic rings. The van der Waals surface area contributed by atoms with Gasteiger partial charge in [0, 0.05) is 25.0 Å². The van der Waals surface area contributed by atoms with Gasteiger partial charge in [0.1, 0.15) is 12.1 Å². The van der Waals surface area contributed by atoms with Gasteiger partial charge in [-0.2, -0.15) is 5.10 Å². The van der Waals surface area contributed by atoms with E-state index in [1.165, 1.54) is 6.33 Å². The number of aromatic nitrogens is 4. The molecule has 2 heterocycles. The molecule has 6 nitrogen and oxygen atoms in total. The molecule has 0 aliphatic heterocycles. The van der Waals surface area contributed by atoms with E-state index < -0.39 is 0 Å². The highest BCUT2D eigenvalue weighted by Gasteiger charge is 1.98. The lowest BCUT2D eigenvalue weighted by atomic mass is 10.5. The van der Waals surface area contributed by atoms with Crippen LogP contribution in [0.5, 0.6) is 5.88 Å². The molecule has 0 spiro atoms. The van der Waals surface area contributed by atoms with E-state index >= 15 is 0 Å². The van der Waals surface area contributed by atoms with Crippen LogP contribution in [0.3, 0.4) is 0 Å². The molecule has 0 radical (unpaired) electrons. The standard InChI is InChI=1S/C11H15N5O/c1-2-17-11-8-10(13-9-14-11)12-5-7-16-6-3-4-15-16/h3-4,6,8-9H,2,5,7H2,1H3,(H,12,13,14). The van der Waals surface area contributed by atoms with Crippen molar-refractivity contribution in [3.63, 3.8) is 0 Å². The second-order valence-electron chi connectivity index (χ2n) is 3.37. The summed E-state index contributed by atoms with van der Waals surface area (Å²) < 4.78 is 7.15. The molecule has 1 N–H and O–H groups in total. The lowest BCUT2D eigenvalue weighted by molar-refractivity contribution is 0.326. The highest BCUT2D eigenvalue weighted by molar-refractivity contribution is 5.36. The molecule has 0 aliphatic carbocycles. The summed E-state index contributed by atoms with van der Waals surface area (Å²) in [7, 11) is 0. The molecule has 6 heteroatoms. The fraction of sp³-hybridized carbons (Fsp3) is 0.364. The molecular formula is C11H15N5O. The largest absolute Gasteiger partial charge is 0.478 e. The van der Waals surface area contributed by atoms with Crippen LogP contribution in [0, 0.1) is 0 Å². The van der Waals surface area contributed by atoms with Gasteiger partial charge >= 0.3 is 0 Å². The van der Waals surface area contributed by atoms with Crippen molar-refractivity contribution < 1.29 is 4.74 Å². The lowest BCUT2D eigenvalue weighted by Gasteiger charge is -2.07. The fourth-order valence-electron chi connectivity index (χ4n) is 1.39. The molecule has 0 fully saturated rings. The minimum absolute atomic E-state index is 0.587. The van der Waals surface area contributed by atoms with Crippen LogP contribution in [-0.4, -0.2) is 32.9 Å². The van der Waals surface area contributed by atoms with E-state index in [0.717, 1.165) is 18.9 Å². The molecule has 2 aromatic heterocycles. The van der Waals surface area contributed by atoms with Crippen molar-refractivity contribution in [3.8, 4) is 5.88 Å². The topological polar surface area (TPSA) is 64.9 Å². The van der Waals surface area contributed by atoms with Crippen molar-refractivity contribution >= 4 is 5.82 Å². The van der Waals surface area contributed by atoms with Crippen molar-refractivity contribution in [2.75, 3.05) is 18.5 Å². The van der Waals surface area contributed by atoms with Crippen LogP contribution in [0.25, 0.3) is 0 Å². The third-order valence-electron chi connectivity index (χ3n) is 2.14. The summed E-state index contributed by atoms with van der Waals surface area (Å²) >= 11 is 0. The molecule has 90 valence electrons. The van der Waals surface area contributed by atoms with Crippen molar-refractivity contribution in [1.82, 2.24) is 19.7 Å². The molecule has 2 rings (SSSR count). The van der Waals surface area contributed by atoms with Gasteiger partial charge in [-0.15, -0.1) is 0 Å². The zero-order valence-corrected chi connectivity index (χ0v) is 9.71. The van der Waals surface area contributed by atoms with Crippen LogP contribution in [0.1, 0.15) is 6.92 Å². The van der Waals surface area contributed by atoms with Gasteiger partial charge in [-0.3, -0.25) is 4.68 Å². The molecule has 0 saturated carbocycles. The van der Waals surface area contributed by atoms with Crippen LogP contribution >= 0.6 is 0 Å². The van der Waals surface area contributed by atoms with Crippen molar-refractivity contribution in [3.05, 3.63) is 30.9 Å². The van der Waals surface area contributed by atoms with E-state index in [1.54, 1.807) is 12.3 Å². The van der Waals surface area contributed by atoms with E-state index in [0.29, 0.717) is 12.5 Å². The molecule has 0 bridgehead atoms. The first-order chi connectivity index (χ1) is 8.38. The first kappa shape index (κ1) is 11.4. The van der Waals surface area contributed by atoms with Gasteiger partial charge < -0.3 is 10.1 Å². The van der Waals surface area contributed by atoms with Crippen LogP contribution in [0.15, 0.2) is 30.9 Å². The molecule has 0 aromatic carbocycles. The quantitative estimate of drug-likeness (QED) is 0.811. The number of rotatable bonds is 6. The highest BCUT2D eigenvalue weighted by atomic mass is 16.5. The van der Waals surface area contributed by atoms with Gasteiger partial charge in [-0.05, 0) is 13.0 Å². The van der Waals surface area contributed by atoms with Gasteiger partial charge in [-0.25, -0.2) is 9.97 Å². The Kier molecular flexibility index (Phi) is 3.90. The average molecular weight is 233 g/mol. The summed E-state index contributed by atoms with van der Waals surface area (Å²) in [6.45, 7) is 4.07. The number of anilines is 1. The maximum absolute atomic E-state index is 5.29.